The summed E-state index contributed by atoms with van der Waals surface area (Å²) in [5, 5.41) is 4.82. The number of benzene rings is 1. The van der Waals surface area contributed by atoms with Crippen molar-refractivity contribution < 1.29 is 14.3 Å². The third-order valence-electron chi connectivity index (χ3n) is 4.27. The first-order chi connectivity index (χ1) is 11.7. The van der Waals surface area contributed by atoms with Crippen LogP contribution in [0.25, 0.3) is 10.2 Å². The molecule has 0 radical (unpaired) electrons. The van der Waals surface area contributed by atoms with Crippen LogP contribution in [0.4, 0.5) is 10.1 Å². The molecule has 2 aliphatic rings. The number of thiophene rings is 1. The topological polar surface area (TPSA) is 86.5 Å². The van der Waals surface area contributed by atoms with Gasteiger partial charge in [-0.2, -0.15) is 0 Å². The van der Waals surface area contributed by atoms with Gasteiger partial charge >= 0.3 is 0 Å². The molecular formula is C16H13N3O3S2. The number of aromatic nitrogens is 1. The zero-order valence-electron chi connectivity index (χ0n) is 12.5. The molecule has 3 aromatic rings. The molecule has 24 heavy (non-hydrogen) atoms. The maximum atomic E-state index is 11.9. The number of nitrogens with one attached hydrogen (secondary N) is 1. The molecule has 2 aromatic heterocycles. The van der Waals surface area contributed by atoms with Crippen molar-refractivity contribution in [1.82, 2.24) is 4.98 Å². The Kier molecular flexibility index (Phi) is 2.98. The molecule has 3 heterocycles. The second-order valence-electron chi connectivity index (χ2n) is 5.74. The van der Waals surface area contributed by atoms with Gasteiger partial charge in [-0.15, -0.1) is 11.3 Å². The number of amides is 1. The smallest absolute Gasteiger partial charge is 0.251 e. The van der Waals surface area contributed by atoms with Gasteiger partial charge in [0.1, 0.15) is 5.00 Å². The Morgan fingerprint density at radius 3 is 2.88 bits per heavy atom. The number of carbonyl (C=O) groups is 1. The molecule has 1 aliphatic heterocycles. The Labute approximate surface area is 145 Å². The van der Waals surface area contributed by atoms with Crippen LogP contribution in [0.1, 0.15) is 27.2 Å². The van der Waals surface area contributed by atoms with Gasteiger partial charge < -0.3 is 20.5 Å². The highest BCUT2D eigenvalue weighted by Crippen LogP contribution is 2.43. The van der Waals surface area contributed by atoms with Crippen LogP contribution in [0.2, 0.25) is 0 Å². The lowest BCUT2D eigenvalue weighted by atomic mass is 10.1. The maximum Gasteiger partial charge on any atom is 0.251 e. The number of anilines is 2. The monoisotopic (exact) mass is 359 g/mol. The minimum atomic E-state index is -0.376. The number of aryl methyl sites for hydroxylation is 1. The van der Waals surface area contributed by atoms with Crippen LogP contribution in [0.5, 0.6) is 11.5 Å². The van der Waals surface area contributed by atoms with Crippen molar-refractivity contribution in [1.29, 1.82) is 0 Å². The largest absolute Gasteiger partial charge is 0.454 e. The average molecular weight is 359 g/mol. The number of hydrogen-bond acceptors (Lipinski definition) is 7. The van der Waals surface area contributed by atoms with Gasteiger partial charge in [0, 0.05) is 17.0 Å². The first-order valence-corrected chi connectivity index (χ1v) is 9.24. The van der Waals surface area contributed by atoms with Gasteiger partial charge in [0.25, 0.3) is 5.91 Å². The molecule has 0 bridgehead atoms. The number of ether oxygens (including phenoxy) is 2. The Balaban J connectivity index is 1.54. The molecule has 6 nitrogen and oxygen atoms in total. The van der Waals surface area contributed by atoms with E-state index < -0.39 is 0 Å². The zero-order valence-corrected chi connectivity index (χ0v) is 14.2. The van der Waals surface area contributed by atoms with Gasteiger partial charge in [-0.1, -0.05) is 11.3 Å². The summed E-state index contributed by atoms with van der Waals surface area (Å²) in [7, 11) is 0. The molecule has 1 aliphatic carbocycles. The van der Waals surface area contributed by atoms with Crippen molar-refractivity contribution in [2.75, 3.05) is 12.1 Å². The standard InChI is InChI=1S/C16H13N3O3S2/c17-14(20)13-7-2-1-3-11(7)23-15(13)19-16-18-8-4-9-10(22-6-21-9)5-12(8)24-16/h4-5H,1-3,6H2,(H2,17,20)(H,18,19). The Hall–Kier alpha value is -2.32. The van der Waals surface area contributed by atoms with E-state index in [1.54, 1.807) is 11.3 Å². The number of nitrogens with two attached hydrogens (primary N) is 1. The van der Waals surface area contributed by atoms with Gasteiger partial charge in [-0.25, -0.2) is 4.98 Å². The number of hydrogen-bond donors (Lipinski definition) is 2. The van der Waals surface area contributed by atoms with Crippen LogP contribution in [-0.4, -0.2) is 17.7 Å². The SMILES string of the molecule is NC(=O)c1c(Nc2nc3cc4c(cc3s2)OCO4)sc2c1CCC2. The molecule has 122 valence electrons. The first kappa shape index (κ1) is 14.1. The molecule has 0 saturated heterocycles. The van der Waals surface area contributed by atoms with E-state index >= 15 is 0 Å². The fraction of sp³-hybridized carbons (Fsp3) is 0.250. The van der Waals surface area contributed by atoms with Crippen LogP contribution in [-0.2, 0) is 12.8 Å². The molecule has 8 heteroatoms. The van der Waals surface area contributed by atoms with E-state index in [0.717, 1.165) is 50.9 Å². The highest BCUT2D eigenvalue weighted by molar-refractivity contribution is 7.23. The molecule has 0 saturated carbocycles. The van der Waals surface area contributed by atoms with E-state index in [1.165, 1.54) is 16.2 Å². The minimum Gasteiger partial charge on any atom is -0.454 e. The molecule has 0 spiro atoms. The Morgan fingerprint density at radius 1 is 1.21 bits per heavy atom. The lowest BCUT2D eigenvalue weighted by Gasteiger charge is -2.03. The van der Waals surface area contributed by atoms with E-state index in [9.17, 15) is 4.79 Å². The van der Waals surface area contributed by atoms with Crippen LogP contribution in [0.3, 0.4) is 0 Å². The molecular weight excluding hydrogens is 346 g/mol. The Morgan fingerprint density at radius 2 is 2.04 bits per heavy atom. The molecule has 0 unspecified atom stereocenters. The lowest BCUT2D eigenvalue weighted by molar-refractivity contribution is 0.100. The van der Waals surface area contributed by atoms with Crippen molar-refractivity contribution in [3.8, 4) is 11.5 Å². The number of primary amides is 1. The molecule has 3 N–H and O–H groups in total. The molecule has 0 fully saturated rings. The predicted octanol–water partition coefficient (Wildman–Crippen LogP) is 3.42. The number of carbonyl (C=O) groups excluding carboxylic acids is 1. The minimum absolute atomic E-state index is 0.250. The normalized spacial score (nSPS) is 15.0. The first-order valence-electron chi connectivity index (χ1n) is 7.60. The maximum absolute atomic E-state index is 11.9. The number of rotatable bonds is 3. The van der Waals surface area contributed by atoms with Gasteiger partial charge in [0.2, 0.25) is 6.79 Å². The predicted molar refractivity (Wildman–Crippen MR) is 93.9 cm³/mol. The van der Waals surface area contributed by atoms with Crippen molar-refractivity contribution in [3.05, 3.63) is 28.1 Å². The van der Waals surface area contributed by atoms with Crippen LogP contribution in [0, 0.1) is 0 Å². The number of thiazole rings is 1. The molecule has 1 aromatic carbocycles. The van der Waals surface area contributed by atoms with Crippen molar-refractivity contribution >= 4 is 48.9 Å². The second kappa shape index (κ2) is 5.09. The van der Waals surface area contributed by atoms with Gasteiger partial charge in [-0.05, 0) is 24.8 Å². The van der Waals surface area contributed by atoms with Crippen LogP contribution < -0.4 is 20.5 Å². The fourth-order valence-corrected chi connectivity index (χ4v) is 5.46. The van der Waals surface area contributed by atoms with E-state index in [0.29, 0.717) is 11.3 Å². The highest BCUT2D eigenvalue weighted by Gasteiger charge is 2.26. The summed E-state index contributed by atoms with van der Waals surface area (Å²) >= 11 is 3.13. The lowest BCUT2D eigenvalue weighted by Crippen LogP contribution is -2.13. The third-order valence-corrected chi connectivity index (χ3v) is 6.41. The summed E-state index contributed by atoms with van der Waals surface area (Å²) in [6, 6.07) is 3.81. The van der Waals surface area contributed by atoms with Crippen molar-refractivity contribution in [3.63, 3.8) is 0 Å². The highest BCUT2D eigenvalue weighted by atomic mass is 32.1. The number of nitrogens with zero attached hydrogens (tertiary/aromatic N) is 1. The average Bonchev–Trinajstić information content (AvgIpc) is 3.25. The van der Waals surface area contributed by atoms with E-state index in [1.807, 2.05) is 12.1 Å². The van der Waals surface area contributed by atoms with Crippen LogP contribution >= 0.6 is 22.7 Å². The molecule has 1 amide bonds. The summed E-state index contributed by atoms with van der Waals surface area (Å²) in [4.78, 5) is 17.7. The van der Waals surface area contributed by atoms with Gasteiger partial charge in [-0.3, -0.25) is 4.79 Å². The summed E-state index contributed by atoms with van der Waals surface area (Å²) in [6.07, 6.45) is 3.03. The van der Waals surface area contributed by atoms with Crippen molar-refractivity contribution in [2.45, 2.75) is 19.3 Å². The number of fused-ring (bicyclic) bond motifs is 3. The quantitative estimate of drug-likeness (QED) is 0.748. The van der Waals surface area contributed by atoms with E-state index in [4.69, 9.17) is 15.2 Å². The van der Waals surface area contributed by atoms with Gasteiger partial charge in [0.05, 0.1) is 15.8 Å². The van der Waals surface area contributed by atoms with E-state index in [2.05, 4.69) is 10.3 Å². The summed E-state index contributed by atoms with van der Waals surface area (Å²) < 4.78 is 11.8. The third kappa shape index (κ3) is 2.06. The molecule has 0 atom stereocenters. The van der Waals surface area contributed by atoms with Crippen LogP contribution in [0.15, 0.2) is 12.1 Å². The Bertz CT molecular complexity index is 951. The van der Waals surface area contributed by atoms with Gasteiger partial charge in [0.15, 0.2) is 16.6 Å². The fourth-order valence-electron chi connectivity index (χ4n) is 3.22. The second-order valence-corrected chi connectivity index (χ2v) is 7.88. The summed E-state index contributed by atoms with van der Waals surface area (Å²) in [5.74, 6) is 1.08. The summed E-state index contributed by atoms with van der Waals surface area (Å²) in [6.45, 7) is 0.250. The van der Waals surface area contributed by atoms with E-state index in [-0.39, 0.29) is 12.7 Å². The molecule has 5 rings (SSSR count). The summed E-state index contributed by atoms with van der Waals surface area (Å²) in [5.41, 5.74) is 8.18. The van der Waals surface area contributed by atoms with Crippen molar-refractivity contribution in [2.24, 2.45) is 5.73 Å². The zero-order chi connectivity index (χ0) is 16.3.